The molecule has 0 amide bonds. The Bertz CT molecular complexity index is 1170. The van der Waals surface area contributed by atoms with Crippen LogP contribution in [0.5, 0.6) is 0 Å². The highest BCUT2D eigenvalue weighted by atomic mass is 32.2. The molecule has 168 valence electrons. The molecule has 0 heterocycles. The molecule has 0 aromatic heterocycles. The standard InChI is InChI=1S/C28H26O4S/c29-27(25-15-11-23(12-16-25)21-7-3-1-4-8-21)19-33(31,32)20-28(30)26-17-13-24(14-18-26)22-9-5-2-6-10-22/h1-18,27-30H,19-20H2/t27-,28-/m1/s1. The van der Waals surface area contributed by atoms with Crippen molar-refractivity contribution in [3.63, 3.8) is 0 Å². The van der Waals surface area contributed by atoms with Gasteiger partial charge in [0.1, 0.15) is 0 Å². The summed E-state index contributed by atoms with van der Waals surface area (Å²) in [6.07, 6.45) is -2.32. The van der Waals surface area contributed by atoms with E-state index in [-0.39, 0.29) is 0 Å². The average Bonchev–Trinajstić information content (AvgIpc) is 2.85. The highest BCUT2D eigenvalue weighted by molar-refractivity contribution is 7.91. The Morgan fingerprint density at radius 1 is 0.485 bits per heavy atom. The first-order valence-corrected chi connectivity index (χ1v) is 12.6. The lowest BCUT2D eigenvalue weighted by molar-refractivity contribution is 0.194. The summed E-state index contributed by atoms with van der Waals surface area (Å²) in [7, 11) is -3.70. The van der Waals surface area contributed by atoms with Gasteiger partial charge >= 0.3 is 0 Å². The second-order valence-electron chi connectivity index (χ2n) is 8.08. The van der Waals surface area contributed by atoms with Crippen LogP contribution in [0, 0.1) is 0 Å². The van der Waals surface area contributed by atoms with Crippen LogP contribution >= 0.6 is 0 Å². The maximum absolute atomic E-state index is 12.7. The summed E-state index contributed by atoms with van der Waals surface area (Å²) in [5.41, 5.74) is 5.13. The number of hydrogen-bond acceptors (Lipinski definition) is 4. The Balaban J connectivity index is 1.39. The summed E-state index contributed by atoms with van der Waals surface area (Å²) in [5, 5.41) is 21.0. The van der Waals surface area contributed by atoms with Crippen molar-refractivity contribution in [2.75, 3.05) is 11.5 Å². The maximum Gasteiger partial charge on any atom is 0.156 e. The van der Waals surface area contributed by atoms with Gasteiger partial charge < -0.3 is 10.2 Å². The van der Waals surface area contributed by atoms with Gasteiger partial charge in [-0.05, 0) is 33.4 Å². The highest BCUT2D eigenvalue weighted by Crippen LogP contribution is 2.25. The van der Waals surface area contributed by atoms with Crippen LogP contribution in [0.2, 0.25) is 0 Å². The largest absolute Gasteiger partial charge is 0.387 e. The van der Waals surface area contributed by atoms with Crippen LogP contribution in [0.4, 0.5) is 0 Å². The molecular weight excluding hydrogens is 432 g/mol. The Labute approximate surface area is 194 Å². The molecule has 0 saturated carbocycles. The van der Waals surface area contributed by atoms with Crippen LogP contribution in [-0.4, -0.2) is 30.1 Å². The van der Waals surface area contributed by atoms with Gasteiger partial charge in [0.2, 0.25) is 0 Å². The summed E-state index contributed by atoms with van der Waals surface area (Å²) in [5.74, 6) is -0.895. The van der Waals surface area contributed by atoms with E-state index in [0.717, 1.165) is 22.3 Å². The van der Waals surface area contributed by atoms with Crippen LogP contribution in [-0.2, 0) is 9.84 Å². The molecule has 4 aromatic carbocycles. The number of sulfone groups is 1. The summed E-state index contributed by atoms with van der Waals surface area (Å²) in [6, 6.07) is 34.1. The zero-order valence-electron chi connectivity index (χ0n) is 18.1. The van der Waals surface area contributed by atoms with Crippen LogP contribution in [0.25, 0.3) is 22.3 Å². The molecule has 0 aliphatic heterocycles. The predicted molar refractivity (Wildman–Crippen MR) is 132 cm³/mol. The molecule has 0 aliphatic carbocycles. The van der Waals surface area contributed by atoms with E-state index in [4.69, 9.17) is 0 Å². The smallest absolute Gasteiger partial charge is 0.156 e. The quantitative estimate of drug-likeness (QED) is 0.380. The monoisotopic (exact) mass is 458 g/mol. The average molecular weight is 459 g/mol. The topological polar surface area (TPSA) is 74.6 Å². The van der Waals surface area contributed by atoms with Gasteiger partial charge in [0, 0.05) is 0 Å². The van der Waals surface area contributed by atoms with E-state index in [0.29, 0.717) is 11.1 Å². The van der Waals surface area contributed by atoms with Crippen molar-refractivity contribution < 1.29 is 18.6 Å². The zero-order valence-corrected chi connectivity index (χ0v) is 18.9. The molecule has 2 atom stereocenters. The van der Waals surface area contributed by atoms with Gasteiger partial charge in [0.05, 0.1) is 23.7 Å². The molecule has 0 aliphatic rings. The summed E-state index contributed by atoms with van der Waals surface area (Å²) in [4.78, 5) is 0. The van der Waals surface area contributed by atoms with Crippen molar-refractivity contribution in [3.8, 4) is 22.3 Å². The van der Waals surface area contributed by atoms with Crippen molar-refractivity contribution in [1.82, 2.24) is 0 Å². The first-order chi connectivity index (χ1) is 15.9. The Hall–Kier alpha value is -3.25. The summed E-state index contributed by atoms with van der Waals surface area (Å²) in [6.45, 7) is 0. The minimum Gasteiger partial charge on any atom is -0.387 e. The Kier molecular flexibility index (Phi) is 7.04. The van der Waals surface area contributed by atoms with E-state index in [2.05, 4.69) is 0 Å². The second kappa shape index (κ2) is 10.1. The number of aliphatic hydroxyl groups is 2. The summed E-state index contributed by atoms with van der Waals surface area (Å²) < 4.78 is 25.3. The molecule has 2 N–H and O–H groups in total. The minimum atomic E-state index is -3.70. The van der Waals surface area contributed by atoms with E-state index in [1.165, 1.54) is 0 Å². The van der Waals surface area contributed by atoms with E-state index < -0.39 is 33.6 Å². The first-order valence-electron chi connectivity index (χ1n) is 10.8. The SMILES string of the molecule is O=S(=O)(C[C@@H](O)c1ccc(-c2ccccc2)cc1)C[C@@H](O)c1ccc(-c2ccccc2)cc1. The number of hydrogen-bond donors (Lipinski definition) is 2. The highest BCUT2D eigenvalue weighted by Gasteiger charge is 2.23. The fraction of sp³-hybridized carbons (Fsp3) is 0.143. The van der Waals surface area contributed by atoms with Crippen molar-refractivity contribution >= 4 is 9.84 Å². The van der Waals surface area contributed by atoms with Crippen molar-refractivity contribution in [2.45, 2.75) is 12.2 Å². The van der Waals surface area contributed by atoms with Gasteiger partial charge in [-0.25, -0.2) is 8.42 Å². The third kappa shape index (κ3) is 5.96. The lowest BCUT2D eigenvalue weighted by Gasteiger charge is -2.16. The predicted octanol–water partition coefficient (Wildman–Crippen LogP) is 5.20. The van der Waals surface area contributed by atoms with E-state index >= 15 is 0 Å². The summed E-state index contributed by atoms with van der Waals surface area (Å²) >= 11 is 0. The van der Waals surface area contributed by atoms with Crippen LogP contribution in [0.15, 0.2) is 109 Å². The molecule has 4 rings (SSSR count). The molecule has 5 heteroatoms. The Morgan fingerprint density at radius 2 is 0.788 bits per heavy atom. The van der Waals surface area contributed by atoms with E-state index in [9.17, 15) is 18.6 Å². The Morgan fingerprint density at radius 3 is 1.12 bits per heavy atom. The van der Waals surface area contributed by atoms with Gasteiger partial charge in [-0.3, -0.25) is 0 Å². The van der Waals surface area contributed by atoms with Gasteiger partial charge in [-0.1, -0.05) is 109 Å². The molecule has 33 heavy (non-hydrogen) atoms. The molecule has 4 nitrogen and oxygen atoms in total. The van der Waals surface area contributed by atoms with Crippen molar-refractivity contribution in [1.29, 1.82) is 0 Å². The van der Waals surface area contributed by atoms with Gasteiger partial charge in [0.25, 0.3) is 0 Å². The van der Waals surface area contributed by atoms with E-state index in [1.54, 1.807) is 24.3 Å². The number of rotatable bonds is 8. The van der Waals surface area contributed by atoms with Crippen LogP contribution in [0.1, 0.15) is 23.3 Å². The molecule has 0 fully saturated rings. The molecular formula is C28H26O4S. The zero-order chi connectivity index (χ0) is 23.3. The fourth-order valence-electron chi connectivity index (χ4n) is 3.80. The van der Waals surface area contributed by atoms with Gasteiger partial charge in [0.15, 0.2) is 9.84 Å². The van der Waals surface area contributed by atoms with Crippen molar-refractivity contribution in [2.24, 2.45) is 0 Å². The third-order valence-corrected chi connectivity index (χ3v) is 7.28. The normalized spacial score (nSPS) is 13.4. The van der Waals surface area contributed by atoms with Crippen LogP contribution in [0.3, 0.4) is 0 Å². The molecule has 0 radical (unpaired) electrons. The van der Waals surface area contributed by atoms with Crippen LogP contribution < -0.4 is 0 Å². The minimum absolute atomic E-state index is 0.448. The molecule has 0 bridgehead atoms. The third-order valence-electron chi connectivity index (χ3n) is 5.63. The van der Waals surface area contributed by atoms with E-state index in [1.807, 2.05) is 84.9 Å². The lowest BCUT2D eigenvalue weighted by Crippen LogP contribution is -2.21. The molecule has 0 spiro atoms. The lowest BCUT2D eigenvalue weighted by atomic mass is 10.0. The number of aliphatic hydroxyl groups excluding tert-OH is 2. The first kappa shape index (κ1) is 22.9. The maximum atomic E-state index is 12.7. The molecule has 0 unspecified atom stereocenters. The number of benzene rings is 4. The van der Waals surface area contributed by atoms with Crippen molar-refractivity contribution in [3.05, 3.63) is 120 Å². The van der Waals surface area contributed by atoms with Gasteiger partial charge in [-0.15, -0.1) is 0 Å². The second-order valence-corrected chi connectivity index (χ2v) is 10.2. The molecule has 0 saturated heterocycles. The molecule has 4 aromatic rings. The fourth-order valence-corrected chi connectivity index (χ4v) is 5.28. The van der Waals surface area contributed by atoms with Gasteiger partial charge in [-0.2, -0.15) is 0 Å².